The van der Waals surface area contributed by atoms with Crippen molar-refractivity contribution in [3.05, 3.63) is 32.3 Å². The summed E-state index contributed by atoms with van der Waals surface area (Å²) in [4.78, 5) is 4.87. The summed E-state index contributed by atoms with van der Waals surface area (Å²) >= 11 is 7.31. The van der Waals surface area contributed by atoms with Gasteiger partial charge in [0.1, 0.15) is 0 Å². The fourth-order valence-corrected chi connectivity index (χ4v) is 3.68. The molecule has 100 valence electrons. The SMILES string of the molecule is CCCNc1c2c(nc3c(Br)ccc(Br)c13)CCC2. The van der Waals surface area contributed by atoms with Crippen LogP contribution in [-0.2, 0) is 12.8 Å². The number of nitrogens with one attached hydrogen (secondary N) is 1. The van der Waals surface area contributed by atoms with Crippen LogP contribution >= 0.6 is 31.9 Å². The molecule has 0 unspecified atom stereocenters. The maximum Gasteiger partial charge on any atom is 0.0879 e. The molecule has 4 heteroatoms. The summed E-state index contributed by atoms with van der Waals surface area (Å²) in [6.45, 7) is 3.20. The molecule has 1 aromatic carbocycles. The standard InChI is InChI=1S/C15H16Br2N2/c1-2-8-18-14-9-4-3-5-12(9)19-15-11(17)7-6-10(16)13(14)15/h6-7H,2-5,8H2,1H3,(H,18,19). The Balaban J connectivity index is 2.31. The van der Waals surface area contributed by atoms with E-state index in [4.69, 9.17) is 4.98 Å². The van der Waals surface area contributed by atoms with Crippen molar-refractivity contribution in [1.82, 2.24) is 4.98 Å². The van der Waals surface area contributed by atoms with Crippen LogP contribution in [-0.4, -0.2) is 11.5 Å². The van der Waals surface area contributed by atoms with Gasteiger partial charge in [-0.05, 0) is 59.3 Å². The molecule has 0 saturated heterocycles. The highest BCUT2D eigenvalue weighted by Gasteiger charge is 2.21. The predicted molar refractivity (Wildman–Crippen MR) is 87.9 cm³/mol. The zero-order valence-electron chi connectivity index (χ0n) is 10.9. The van der Waals surface area contributed by atoms with Gasteiger partial charge in [-0.1, -0.05) is 22.9 Å². The van der Waals surface area contributed by atoms with Gasteiger partial charge < -0.3 is 5.32 Å². The third-order valence-electron chi connectivity index (χ3n) is 3.62. The van der Waals surface area contributed by atoms with Gasteiger partial charge in [-0.15, -0.1) is 0 Å². The first kappa shape index (κ1) is 13.4. The van der Waals surface area contributed by atoms with Crippen LogP contribution in [0.5, 0.6) is 0 Å². The lowest BCUT2D eigenvalue weighted by Gasteiger charge is -2.16. The lowest BCUT2D eigenvalue weighted by molar-refractivity contribution is 0.900. The molecule has 3 rings (SSSR count). The molecule has 1 heterocycles. The molecular weight excluding hydrogens is 368 g/mol. The normalized spacial score (nSPS) is 13.8. The fourth-order valence-electron chi connectivity index (χ4n) is 2.74. The zero-order valence-corrected chi connectivity index (χ0v) is 14.1. The highest BCUT2D eigenvalue weighted by molar-refractivity contribution is 9.11. The van der Waals surface area contributed by atoms with E-state index in [2.05, 4.69) is 56.2 Å². The van der Waals surface area contributed by atoms with Gasteiger partial charge in [-0.3, -0.25) is 4.98 Å². The topological polar surface area (TPSA) is 24.9 Å². The molecule has 1 aromatic heterocycles. The van der Waals surface area contributed by atoms with Crippen LogP contribution in [0.4, 0.5) is 5.69 Å². The number of hydrogen-bond acceptors (Lipinski definition) is 2. The maximum atomic E-state index is 4.87. The van der Waals surface area contributed by atoms with Crippen molar-refractivity contribution in [1.29, 1.82) is 0 Å². The second-order valence-electron chi connectivity index (χ2n) is 4.95. The Labute approximate surface area is 130 Å². The van der Waals surface area contributed by atoms with Crippen LogP contribution in [0.15, 0.2) is 21.1 Å². The predicted octanol–water partition coefficient (Wildman–Crippen LogP) is 5.07. The van der Waals surface area contributed by atoms with Gasteiger partial charge in [0.15, 0.2) is 0 Å². The van der Waals surface area contributed by atoms with E-state index in [9.17, 15) is 0 Å². The minimum atomic E-state index is 1.00. The highest BCUT2D eigenvalue weighted by Crippen LogP contribution is 2.40. The van der Waals surface area contributed by atoms with Crippen molar-refractivity contribution in [2.24, 2.45) is 0 Å². The Morgan fingerprint density at radius 3 is 2.79 bits per heavy atom. The number of nitrogens with zero attached hydrogens (tertiary/aromatic N) is 1. The molecule has 1 aliphatic rings. The first-order chi connectivity index (χ1) is 9.22. The monoisotopic (exact) mass is 382 g/mol. The van der Waals surface area contributed by atoms with Crippen LogP contribution in [0.2, 0.25) is 0 Å². The van der Waals surface area contributed by atoms with Gasteiger partial charge in [-0.2, -0.15) is 0 Å². The van der Waals surface area contributed by atoms with E-state index >= 15 is 0 Å². The van der Waals surface area contributed by atoms with Crippen molar-refractivity contribution in [2.45, 2.75) is 32.6 Å². The first-order valence-electron chi connectivity index (χ1n) is 6.75. The second kappa shape index (κ2) is 5.41. The quantitative estimate of drug-likeness (QED) is 0.800. The summed E-state index contributed by atoms with van der Waals surface area (Å²) < 4.78 is 2.19. The minimum Gasteiger partial charge on any atom is -0.384 e. The highest BCUT2D eigenvalue weighted by atomic mass is 79.9. The van der Waals surface area contributed by atoms with Crippen molar-refractivity contribution < 1.29 is 0 Å². The van der Waals surface area contributed by atoms with Gasteiger partial charge in [0.25, 0.3) is 0 Å². The number of benzene rings is 1. The Morgan fingerprint density at radius 1 is 1.21 bits per heavy atom. The average molecular weight is 384 g/mol. The smallest absolute Gasteiger partial charge is 0.0879 e. The van der Waals surface area contributed by atoms with Crippen molar-refractivity contribution in [3.8, 4) is 0 Å². The summed E-state index contributed by atoms with van der Waals surface area (Å²) in [5.74, 6) is 0. The fraction of sp³-hybridized carbons (Fsp3) is 0.400. The van der Waals surface area contributed by atoms with Crippen LogP contribution in [0.3, 0.4) is 0 Å². The maximum absolute atomic E-state index is 4.87. The molecule has 1 aliphatic carbocycles. The van der Waals surface area contributed by atoms with Crippen LogP contribution in [0, 0.1) is 0 Å². The molecule has 0 aliphatic heterocycles. The van der Waals surface area contributed by atoms with Crippen molar-refractivity contribution in [3.63, 3.8) is 0 Å². The summed E-state index contributed by atoms with van der Waals surface area (Å²) in [6, 6.07) is 4.15. The average Bonchev–Trinajstić information content (AvgIpc) is 2.87. The lowest BCUT2D eigenvalue weighted by Crippen LogP contribution is -2.05. The molecule has 0 amide bonds. The van der Waals surface area contributed by atoms with Crippen LogP contribution in [0.1, 0.15) is 31.0 Å². The molecule has 2 nitrogen and oxygen atoms in total. The van der Waals surface area contributed by atoms with E-state index in [-0.39, 0.29) is 0 Å². The minimum absolute atomic E-state index is 1.00. The molecule has 0 fully saturated rings. The van der Waals surface area contributed by atoms with E-state index in [1.54, 1.807) is 0 Å². The van der Waals surface area contributed by atoms with E-state index in [0.717, 1.165) is 40.3 Å². The molecule has 0 saturated carbocycles. The Bertz CT molecular complexity index is 638. The first-order valence-corrected chi connectivity index (χ1v) is 8.34. The van der Waals surface area contributed by atoms with Crippen molar-refractivity contribution in [2.75, 3.05) is 11.9 Å². The zero-order chi connectivity index (χ0) is 13.4. The van der Waals surface area contributed by atoms with Crippen molar-refractivity contribution >= 4 is 48.5 Å². The number of hydrogen-bond donors (Lipinski definition) is 1. The Hall–Kier alpha value is -0.610. The molecule has 19 heavy (non-hydrogen) atoms. The molecular formula is C15H16Br2N2. The van der Waals surface area contributed by atoms with E-state index in [1.807, 2.05) is 0 Å². The molecule has 0 radical (unpaired) electrons. The summed E-state index contributed by atoms with van der Waals surface area (Å²) in [5.41, 5.74) is 5.03. The third-order valence-corrected chi connectivity index (χ3v) is 4.92. The number of pyridine rings is 1. The summed E-state index contributed by atoms with van der Waals surface area (Å²) in [7, 11) is 0. The third kappa shape index (κ3) is 2.29. The van der Waals surface area contributed by atoms with E-state index < -0.39 is 0 Å². The molecule has 0 spiro atoms. The summed E-state index contributed by atoms with van der Waals surface area (Å²) in [5, 5.41) is 4.83. The van der Waals surface area contributed by atoms with Crippen LogP contribution < -0.4 is 5.32 Å². The molecule has 0 bridgehead atoms. The van der Waals surface area contributed by atoms with Gasteiger partial charge in [-0.25, -0.2) is 0 Å². The molecule has 0 atom stereocenters. The molecule has 1 N–H and O–H groups in total. The number of rotatable bonds is 3. The van der Waals surface area contributed by atoms with E-state index in [0.29, 0.717) is 0 Å². The van der Waals surface area contributed by atoms with Gasteiger partial charge in [0, 0.05) is 32.3 Å². The van der Waals surface area contributed by atoms with Gasteiger partial charge >= 0.3 is 0 Å². The largest absolute Gasteiger partial charge is 0.384 e. The summed E-state index contributed by atoms with van der Waals surface area (Å²) in [6.07, 6.45) is 4.59. The number of aromatic nitrogens is 1. The Kier molecular flexibility index (Phi) is 3.81. The lowest BCUT2D eigenvalue weighted by atomic mass is 10.1. The number of halogens is 2. The number of aryl methyl sites for hydroxylation is 1. The second-order valence-corrected chi connectivity index (χ2v) is 6.65. The van der Waals surface area contributed by atoms with Crippen LogP contribution in [0.25, 0.3) is 10.9 Å². The molecule has 2 aromatic rings. The van der Waals surface area contributed by atoms with Gasteiger partial charge in [0.2, 0.25) is 0 Å². The number of fused-ring (bicyclic) bond motifs is 2. The van der Waals surface area contributed by atoms with E-state index in [1.165, 1.54) is 28.8 Å². The van der Waals surface area contributed by atoms with Gasteiger partial charge in [0.05, 0.1) is 5.52 Å². The Morgan fingerprint density at radius 2 is 2.00 bits per heavy atom. The number of anilines is 1.